The number of carbonyl (C=O) groups is 4. The first-order chi connectivity index (χ1) is 11.1. The maximum atomic E-state index is 11.4. The van der Waals surface area contributed by atoms with Crippen LogP contribution in [0.4, 0.5) is 0 Å². The smallest absolute Gasteiger partial charge is 0.305 e. The molecular weight excluding hydrogens is 324 g/mol. The Morgan fingerprint density at radius 1 is 0.875 bits per heavy atom. The first kappa shape index (κ1) is 19.4. The van der Waals surface area contributed by atoms with E-state index in [1.165, 1.54) is 0 Å². The van der Waals surface area contributed by atoms with Crippen LogP contribution in [0.2, 0.25) is 0 Å². The highest BCUT2D eigenvalue weighted by molar-refractivity contribution is 5.69. The van der Waals surface area contributed by atoms with Crippen LogP contribution in [0.1, 0.15) is 27.7 Å². The molecule has 1 aliphatic rings. The number of esters is 4. The van der Waals surface area contributed by atoms with Gasteiger partial charge >= 0.3 is 23.9 Å². The highest BCUT2D eigenvalue weighted by atomic mass is 16.8. The Bertz CT molecular complexity index is 562. The van der Waals surface area contributed by atoms with Crippen molar-refractivity contribution >= 4 is 23.9 Å². The molecule has 5 atom stereocenters. The first-order valence-corrected chi connectivity index (χ1v) is 6.96. The molecule has 0 amide bonds. The van der Waals surface area contributed by atoms with Gasteiger partial charge in [0, 0.05) is 27.7 Å². The molecule has 1 aliphatic heterocycles. The van der Waals surface area contributed by atoms with E-state index in [-0.39, 0.29) is 0 Å². The van der Waals surface area contributed by atoms with Gasteiger partial charge in [-0.05, 0) is 0 Å². The maximum Gasteiger partial charge on any atom is 0.305 e. The van der Waals surface area contributed by atoms with E-state index in [1.807, 2.05) is 0 Å². The zero-order valence-electron chi connectivity index (χ0n) is 13.6. The third kappa shape index (κ3) is 5.24. The van der Waals surface area contributed by atoms with Crippen molar-refractivity contribution < 1.29 is 42.9 Å². The monoisotopic (exact) mass is 342 g/mol. The number of rotatable bonds is 5. The number of carbonyl (C=O) groups excluding carboxylic acids is 4. The Kier molecular flexibility index (Phi) is 6.73. The number of ether oxygens (including phenoxy) is 5. The van der Waals surface area contributed by atoms with E-state index in [0.717, 1.165) is 27.7 Å². The van der Waals surface area contributed by atoms with E-state index in [0.29, 0.717) is 0 Å². The van der Waals surface area contributed by atoms with Crippen LogP contribution in [0.15, 0.2) is 0 Å². The van der Waals surface area contributed by atoms with Crippen LogP contribution >= 0.6 is 0 Å². The lowest BCUT2D eigenvalue weighted by Gasteiger charge is -2.24. The second kappa shape index (κ2) is 8.31. The van der Waals surface area contributed by atoms with Crippen molar-refractivity contribution in [1.29, 1.82) is 0 Å². The molecule has 9 nitrogen and oxygen atoms in total. The summed E-state index contributed by atoms with van der Waals surface area (Å²) in [7, 11) is 0. The number of terminal acetylenes is 1. The molecule has 0 aromatic heterocycles. The van der Waals surface area contributed by atoms with Crippen LogP contribution in [0.5, 0.6) is 0 Å². The highest BCUT2D eigenvalue weighted by Crippen LogP contribution is 2.31. The summed E-state index contributed by atoms with van der Waals surface area (Å²) >= 11 is 0. The number of hydrogen-bond acceptors (Lipinski definition) is 9. The Labute approximate surface area is 138 Å². The molecule has 9 heteroatoms. The summed E-state index contributed by atoms with van der Waals surface area (Å²) in [4.78, 5) is 45.0. The molecule has 0 saturated carbocycles. The van der Waals surface area contributed by atoms with Crippen molar-refractivity contribution in [2.45, 2.75) is 58.4 Å². The van der Waals surface area contributed by atoms with Gasteiger partial charge in [-0.2, -0.15) is 0 Å². The third-order valence-corrected chi connectivity index (χ3v) is 2.85. The van der Waals surface area contributed by atoms with Gasteiger partial charge in [-0.1, -0.05) is 5.92 Å². The molecule has 0 bridgehead atoms. The van der Waals surface area contributed by atoms with Gasteiger partial charge in [-0.25, -0.2) is 0 Å². The molecule has 0 aromatic rings. The second-order valence-electron chi connectivity index (χ2n) is 4.92. The van der Waals surface area contributed by atoms with Gasteiger partial charge in [-0.3, -0.25) is 19.2 Å². The Morgan fingerprint density at radius 2 is 1.38 bits per heavy atom. The first-order valence-electron chi connectivity index (χ1n) is 6.96. The fraction of sp³-hybridized carbons (Fsp3) is 0.600. The normalized spacial score (nSPS) is 26.6. The van der Waals surface area contributed by atoms with Gasteiger partial charge in [0.2, 0.25) is 12.4 Å². The summed E-state index contributed by atoms with van der Waals surface area (Å²) in [5.41, 5.74) is 0. The molecule has 1 saturated heterocycles. The Hall–Kier alpha value is -2.60. The van der Waals surface area contributed by atoms with Gasteiger partial charge in [0.05, 0.1) is 0 Å². The van der Waals surface area contributed by atoms with Crippen LogP contribution in [-0.4, -0.2) is 54.6 Å². The van der Waals surface area contributed by atoms with E-state index in [4.69, 9.17) is 30.1 Å². The molecule has 1 rings (SSSR count). The highest BCUT2D eigenvalue weighted by Gasteiger charge is 2.54. The standard InChI is InChI=1S/C15H18O9/c1-6-11(20-7(2)16)12-13(21-8(3)17)14(22-9(4)18)15(24-12)23-10(5)19/h1,11-15H,2-5H3/t11-,12+,13?,14?,15-/m0/s1. The summed E-state index contributed by atoms with van der Waals surface area (Å²) < 4.78 is 25.4. The molecule has 0 N–H and O–H groups in total. The molecule has 132 valence electrons. The van der Waals surface area contributed by atoms with Crippen LogP contribution in [0, 0.1) is 12.3 Å². The Morgan fingerprint density at radius 3 is 1.79 bits per heavy atom. The fourth-order valence-electron chi connectivity index (χ4n) is 2.17. The van der Waals surface area contributed by atoms with E-state index in [1.54, 1.807) is 0 Å². The van der Waals surface area contributed by atoms with Gasteiger partial charge < -0.3 is 23.7 Å². The minimum absolute atomic E-state index is 0.692. The largest absolute Gasteiger partial charge is 0.455 e. The molecule has 0 aromatic carbocycles. The van der Waals surface area contributed by atoms with Gasteiger partial charge in [0.25, 0.3) is 0 Å². The quantitative estimate of drug-likeness (QED) is 0.377. The predicted octanol–water partition coefficient (Wildman–Crippen LogP) is -0.297. The van der Waals surface area contributed by atoms with Crippen LogP contribution in [0.25, 0.3) is 0 Å². The van der Waals surface area contributed by atoms with E-state index in [9.17, 15) is 19.2 Å². The fourth-order valence-corrected chi connectivity index (χ4v) is 2.17. The molecular formula is C15H18O9. The minimum Gasteiger partial charge on any atom is -0.455 e. The zero-order valence-corrected chi connectivity index (χ0v) is 13.6. The van der Waals surface area contributed by atoms with Gasteiger partial charge in [-0.15, -0.1) is 6.42 Å². The lowest BCUT2D eigenvalue weighted by atomic mass is 10.1. The molecule has 0 aliphatic carbocycles. The maximum absolute atomic E-state index is 11.4. The van der Waals surface area contributed by atoms with Crippen molar-refractivity contribution in [3.8, 4) is 12.3 Å². The van der Waals surface area contributed by atoms with E-state index in [2.05, 4.69) is 5.92 Å². The molecule has 2 unspecified atom stereocenters. The SMILES string of the molecule is C#C[C@H](OC(C)=O)[C@H]1O[C@H](OC(C)=O)C(OC(C)=O)C1OC(C)=O. The van der Waals surface area contributed by atoms with Crippen LogP contribution in [-0.2, 0) is 42.9 Å². The van der Waals surface area contributed by atoms with Gasteiger partial charge in [0.15, 0.2) is 18.3 Å². The Balaban J connectivity index is 3.16. The van der Waals surface area contributed by atoms with Crippen molar-refractivity contribution in [1.82, 2.24) is 0 Å². The van der Waals surface area contributed by atoms with Crippen molar-refractivity contribution in [3.05, 3.63) is 0 Å². The summed E-state index contributed by atoms with van der Waals surface area (Å²) in [6, 6.07) is 0. The van der Waals surface area contributed by atoms with E-state index >= 15 is 0 Å². The van der Waals surface area contributed by atoms with Crippen molar-refractivity contribution in [2.75, 3.05) is 0 Å². The summed E-state index contributed by atoms with van der Waals surface area (Å²) in [5, 5.41) is 0. The van der Waals surface area contributed by atoms with Crippen LogP contribution < -0.4 is 0 Å². The van der Waals surface area contributed by atoms with E-state index < -0.39 is 54.6 Å². The number of hydrogen-bond donors (Lipinski definition) is 0. The zero-order chi connectivity index (χ0) is 18.4. The molecule has 1 fully saturated rings. The minimum atomic E-state index is -1.37. The lowest BCUT2D eigenvalue weighted by Crippen LogP contribution is -2.44. The molecule has 24 heavy (non-hydrogen) atoms. The summed E-state index contributed by atoms with van der Waals surface area (Å²) in [6.07, 6.45) is -0.956. The summed E-state index contributed by atoms with van der Waals surface area (Å²) in [5.74, 6) is -0.658. The lowest BCUT2D eigenvalue weighted by molar-refractivity contribution is -0.199. The average Bonchev–Trinajstić information content (AvgIpc) is 2.72. The van der Waals surface area contributed by atoms with Crippen molar-refractivity contribution in [3.63, 3.8) is 0 Å². The topological polar surface area (TPSA) is 114 Å². The predicted molar refractivity (Wildman–Crippen MR) is 75.9 cm³/mol. The molecule has 0 spiro atoms. The van der Waals surface area contributed by atoms with Gasteiger partial charge in [0.1, 0.15) is 0 Å². The molecule has 0 radical (unpaired) electrons. The second-order valence-corrected chi connectivity index (χ2v) is 4.92. The summed E-state index contributed by atoms with van der Waals surface area (Å²) in [6.45, 7) is 4.49. The molecule has 1 heterocycles. The van der Waals surface area contributed by atoms with Crippen LogP contribution in [0.3, 0.4) is 0 Å². The average molecular weight is 342 g/mol. The third-order valence-electron chi connectivity index (χ3n) is 2.85. The van der Waals surface area contributed by atoms with Crippen molar-refractivity contribution in [2.24, 2.45) is 0 Å².